The molecule has 0 aliphatic heterocycles. The largest absolute Gasteiger partial charge is 0.461 e. The molecular weight excluding hydrogens is 156 g/mol. The molecule has 1 aromatic heterocycles. The van der Waals surface area contributed by atoms with E-state index in [1.54, 1.807) is 0 Å². The lowest BCUT2D eigenvalue weighted by atomic mass is 10.2. The van der Waals surface area contributed by atoms with Crippen LogP contribution in [0.3, 0.4) is 0 Å². The van der Waals surface area contributed by atoms with E-state index in [1.165, 1.54) is 0 Å². The SMILES string of the molecule is Cc1cc2cc(S)ccc2o1. The van der Waals surface area contributed by atoms with Gasteiger partial charge in [-0.2, -0.15) is 0 Å². The Morgan fingerprint density at radius 3 is 2.91 bits per heavy atom. The second-order valence-corrected chi connectivity index (χ2v) is 3.10. The van der Waals surface area contributed by atoms with E-state index in [0.29, 0.717) is 0 Å². The maximum absolute atomic E-state index is 5.39. The summed E-state index contributed by atoms with van der Waals surface area (Å²) in [6.07, 6.45) is 0. The van der Waals surface area contributed by atoms with Gasteiger partial charge >= 0.3 is 0 Å². The van der Waals surface area contributed by atoms with Crippen LogP contribution in [-0.4, -0.2) is 0 Å². The average molecular weight is 164 g/mol. The van der Waals surface area contributed by atoms with Crippen LogP contribution in [0.15, 0.2) is 33.6 Å². The minimum absolute atomic E-state index is 0.931. The molecule has 2 heteroatoms. The Labute approximate surface area is 70.4 Å². The molecule has 0 amide bonds. The summed E-state index contributed by atoms with van der Waals surface area (Å²) in [6, 6.07) is 7.86. The quantitative estimate of drug-likeness (QED) is 0.590. The maximum atomic E-state index is 5.39. The van der Waals surface area contributed by atoms with Gasteiger partial charge in [0.05, 0.1) is 0 Å². The standard InChI is InChI=1S/C9H8OS/c1-6-4-7-5-8(11)2-3-9(7)10-6/h2-5,11H,1H3. The van der Waals surface area contributed by atoms with E-state index in [1.807, 2.05) is 31.2 Å². The number of furan rings is 1. The van der Waals surface area contributed by atoms with Gasteiger partial charge < -0.3 is 4.42 Å². The first kappa shape index (κ1) is 6.80. The molecule has 0 unspecified atom stereocenters. The Morgan fingerprint density at radius 2 is 2.09 bits per heavy atom. The van der Waals surface area contributed by atoms with Gasteiger partial charge in [0.2, 0.25) is 0 Å². The smallest absolute Gasteiger partial charge is 0.134 e. The predicted molar refractivity (Wildman–Crippen MR) is 48.2 cm³/mol. The van der Waals surface area contributed by atoms with Gasteiger partial charge in [-0.25, -0.2) is 0 Å². The lowest BCUT2D eigenvalue weighted by molar-refractivity contribution is 0.578. The first-order valence-corrected chi connectivity index (χ1v) is 3.89. The highest BCUT2D eigenvalue weighted by Crippen LogP contribution is 2.21. The van der Waals surface area contributed by atoms with Crippen molar-refractivity contribution in [2.45, 2.75) is 11.8 Å². The number of fused-ring (bicyclic) bond motifs is 1. The summed E-state index contributed by atoms with van der Waals surface area (Å²) in [5.41, 5.74) is 0.931. The molecule has 11 heavy (non-hydrogen) atoms. The number of rotatable bonds is 0. The molecule has 2 rings (SSSR count). The van der Waals surface area contributed by atoms with Crippen LogP contribution < -0.4 is 0 Å². The zero-order valence-electron chi connectivity index (χ0n) is 6.16. The van der Waals surface area contributed by atoms with E-state index in [0.717, 1.165) is 21.6 Å². The zero-order chi connectivity index (χ0) is 7.84. The first-order chi connectivity index (χ1) is 5.25. The fraction of sp³-hybridized carbons (Fsp3) is 0.111. The molecule has 0 spiro atoms. The van der Waals surface area contributed by atoms with E-state index >= 15 is 0 Å². The van der Waals surface area contributed by atoms with Crippen molar-refractivity contribution >= 4 is 23.6 Å². The van der Waals surface area contributed by atoms with Crippen molar-refractivity contribution in [3.8, 4) is 0 Å². The zero-order valence-corrected chi connectivity index (χ0v) is 7.06. The molecule has 2 aromatic rings. The molecule has 1 heterocycles. The molecule has 0 bridgehead atoms. The van der Waals surface area contributed by atoms with E-state index in [4.69, 9.17) is 4.42 Å². The van der Waals surface area contributed by atoms with E-state index in [2.05, 4.69) is 12.6 Å². The summed E-state index contributed by atoms with van der Waals surface area (Å²) in [5.74, 6) is 0.943. The van der Waals surface area contributed by atoms with Crippen LogP contribution in [0.25, 0.3) is 11.0 Å². The summed E-state index contributed by atoms with van der Waals surface area (Å²) in [6.45, 7) is 1.94. The number of benzene rings is 1. The van der Waals surface area contributed by atoms with Crippen molar-refractivity contribution in [1.29, 1.82) is 0 Å². The number of hydrogen-bond donors (Lipinski definition) is 1. The molecule has 0 N–H and O–H groups in total. The van der Waals surface area contributed by atoms with Crippen LogP contribution >= 0.6 is 12.6 Å². The Hall–Kier alpha value is -0.890. The van der Waals surface area contributed by atoms with Crippen molar-refractivity contribution in [2.75, 3.05) is 0 Å². The first-order valence-electron chi connectivity index (χ1n) is 3.45. The molecule has 56 valence electrons. The highest BCUT2D eigenvalue weighted by atomic mass is 32.1. The Morgan fingerprint density at radius 1 is 1.27 bits per heavy atom. The van der Waals surface area contributed by atoms with E-state index < -0.39 is 0 Å². The average Bonchev–Trinajstić information content (AvgIpc) is 2.27. The van der Waals surface area contributed by atoms with Crippen LogP contribution in [0.4, 0.5) is 0 Å². The van der Waals surface area contributed by atoms with Gasteiger partial charge in [0.1, 0.15) is 11.3 Å². The van der Waals surface area contributed by atoms with Gasteiger partial charge in [-0.3, -0.25) is 0 Å². The predicted octanol–water partition coefficient (Wildman–Crippen LogP) is 3.03. The van der Waals surface area contributed by atoms with Crippen molar-refractivity contribution < 1.29 is 4.42 Å². The molecule has 0 saturated heterocycles. The molecule has 0 radical (unpaired) electrons. The van der Waals surface area contributed by atoms with Crippen LogP contribution in [0.5, 0.6) is 0 Å². The third-order valence-electron chi connectivity index (χ3n) is 1.62. The molecule has 0 atom stereocenters. The summed E-state index contributed by atoms with van der Waals surface area (Å²) in [5, 5.41) is 1.12. The summed E-state index contributed by atoms with van der Waals surface area (Å²) in [4.78, 5) is 0.971. The van der Waals surface area contributed by atoms with Gasteiger partial charge in [0, 0.05) is 10.3 Å². The summed E-state index contributed by atoms with van der Waals surface area (Å²) in [7, 11) is 0. The highest BCUT2D eigenvalue weighted by molar-refractivity contribution is 7.80. The number of aryl methyl sites for hydroxylation is 1. The van der Waals surface area contributed by atoms with Crippen LogP contribution in [0.1, 0.15) is 5.76 Å². The summed E-state index contributed by atoms with van der Waals surface area (Å²) < 4.78 is 5.39. The third-order valence-corrected chi connectivity index (χ3v) is 1.90. The second kappa shape index (κ2) is 2.31. The van der Waals surface area contributed by atoms with Crippen LogP contribution in [0, 0.1) is 6.92 Å². The maximum Gasteiger partial charge on any atom is 0.134 e. The van der Waals surface area contributed by atoms with Crippen LogP contribution in [-0.2, 0) is 0 Å². The lowest BCUT2D eigenvalue weighted by Gasteiger charge is -1.88. The molecule has 0 aliphatic carbocycles. The number of thiol groups is 1. The van der Waals surface area contributed by atoms with Gasteiger partial charge in [-0.15, -0.1) is 12.6 Å². The second-order valence-electron chi connectivity index (χ2n) is 2.58. The fourth-order valence-corrected chi connectivity index (χ4v) is 1.38. The van der Waals surface area contributed by atoms with Crippen molar-refractivity contribution in [2.24, 2.45) is 0 Å². The van der Waals surface area contributed by atoms with Gasteiger partial charge in [0.25, 0.3) is 0 Å². The lowest BCUT2D eigenvalue weighted by Crippen LogP contribution is -1.63. The fourth-order valence-electron chi connectivity index (χ4n) is 1.16. The monoisotopic (exact) mass is 164 g/mol. The van der Waals surface area contributed by atoms with Gasteiger partial charge in [-0.1, -0.05) is 0 Å². The van der Waals surface area contributed by atoms with Gasteiger partial charge in [-0.05, 0) is 31.2 Å². The minimum atomic E-state index is 0.931. The topological polar surface area (TPSA) is 13.1 Å². The van der Waals surface area contributed by atoms with E-state index in [-0.39, 0.29) is 0 Å². The molecule has 0 fully saturated rings. The molecular formula is C9H8OS. The number of hydrogen-bond acceptors (Lipinski definition) is 2. The van der Waals surface area contributed by atoms with Gasteiger partial charge in [0.15, 0.2) is 0 Å². The summed E-state index contributed by atoms with van der Waals surface area (Å²) >= 11 is 4.23. The third kappa shape index (κ3) is 1.14. The van der Waals surface area contributed by atoms with Crippen molar-refractivity contribution in [1.82, 2.24) is 0 Å². The Bertz CT molecular complexity index is 389. The molecule has 0 saturated carbocycles. The van der Waals surface area contributed by atoms with Crippen molar-refractivity contribution in [3.05, 3.63) is 30.0 Å². The van der Waals surface area contributed by atoms with Crippen LogP contribution in [0.2, 0.25) is 0 Å². The van der Waals surface area contributed by atoms with E-state index in [9.17, 15) is 0 Å². The Kier molecular flexibility index (Phi) is 1.43. The molecule has 1 nitrogen and oxygen atoms in total. The Balaban J connectivity index is 2.82. The molecule has 1 aromatic carbocycles. The van der Waals surface area contributed by atoms with Crippen molar-refractivity contribution in [3.63, 3.8) is 0 Å². The minimum Gasteiger partial charge on any atom is -0.461 e. The normalized spacial score (nSPS) is 10.7. The molecule has 0 aliphatic rings. The highest BCUT2D eigenvalue weighted by Gasteiger charge is 1.98.